The summed E-state index contributed by atoms with van der Waals surface area (Å²) in [5, 5.41) is 3.42. The Morgan fingerprint density at radius 2 is 1.95 bits per heavy atom. The maximum Gasteiger partial charge on any atom is 0.258 e. The van der Waals surface area contributed by atoms with E-state index in [4.69, 9.17) is 16.3 Å². The average molecular weight is 355 g/mol. The van der Waals surface area contributed by atoms with E-state index in [1.165, 1.54) is 7.11 Å². The zero-order valence-electron chi connectivity index (χ0n) is 10.8. The van der Waals surface area contributed by atoms with Crippen LogP contribution in [0.2, 0.25) is 5.02 Å². The summed E-state index contributed by atoms with van der Waals surface area (Å²) >= 11 is 9.23. The van der Waals surface area contributed by atoms with Gasteiger partial charge in [0.1, 0.15) is 0 Å². The Kier molecular flexibility index (Phi) is 5.17. The Morgan fingerprint density at radius 3 is 2.55 bits per heavy atom. The molecule has 1 atom stereocenters. The second-order valence-corrected chi connectivity index (χ2v) is 5.43. The first-order valence-electron chi connectivity index (χ1n) is 5.95. The summed E-state index contributed by atoms with van der Waals surface area (Å²) in [6.07, 6.45) is -0.654. The molecular weight excluding hydrogens is 342 g/mol. The van der Waals surface area contributed by atoms with Crippen molar-refractivity contribution in [2.24, 2.45) is 0 Å². The van der Waals surface area contributed by atoms with Gasteiger partial charge in [-0.05, 0) is 39.7 Å². The van der Waals surface area contributed by atoms with Crippen LogP contribution in [0, 0.1) is 0 Å². The minimum atomic E-state index is -0.654. The molecule has 3 nitrogen and oxygen atoms in total. The Hall–Kier alpha value is -1.36. The van der Waals surface area contributed by atoms with Crippen LogP contribution in [0.15, 0.2) is 53.0 Å². The second-order valence-electron chi connectivity index (χ2n) is 4.14. The molecule has 0 aromatic heterocycles. The summed E-state index contributed by atoms with van der Waals surface area (Å²) in [5.74, 6) is -0.235. The number of benzene rings is 2. The van der Waals surface area contributed by atoms with Crippen LogP contribution < -0.4 is 5.32 Å². The zero-order chi connectivity index (χ0) is 14.5. The van der Waals surface area contributed by atoms with Crippen molar-refractivity contribution in [3.8, 4) is 0 Å². The molecule has 0 saturated heterocycles. The van der Waals surface area contributed by atoms with Crippen LogP contribution in [0.3, 0.4) is 0 Å². The van der Waals surface area contributed by atoms with Gasteiger partial charge in [-0.25, -0.2) is 0 Å². The molecule has 0 aliphatic carbocycles. The van der Waals surface area contributed by atoms with Gasteiger partial charge in [0.15, 0.2) is 6.10 Å². The molecule has 0 fully saturated rings. The normalized spacial score (nSPS) is 11.9. The Balaban J connectivity index is 2.18. The largest absolute Gasteiger partial charge is 0.367 e. The summed E-state index contributed by atoms with van der Waals surface area (Å²) < 4.78 is 6.00. The lowest BCUT2D eigenvalue weighted by molar-refractivity contribution is -0.126. The quantitative estimate of drug-likeness (QED) is 0.882. The van der Waals surface area contributed by atoms with Crippen molar-refractivity contribution in [1.29, 1.82) is 0 Å². The van der Waals surface area contributed by atoms with E-state index in [1.54, 1.807) is 18.2 Å². The number of methoxy groups -OCH3 is 1. The van der Waals surface area contributed by atoms with Gasteiger partial charge in [-0.2, -0.15) is 0 Å². The SMILES string of the molecule is COC(C(=O)Nc1ccc(Cl)cc1Br)c1ccccc1. The monoisotopic (exact) mass is 353 g/mol. The second kappa shape index (κ2) is 6.88. The van der Waals surface area contributed by atoms with Crippen molar-refractivity contribution in [3.63, 3.8) is 0 Å². The maximum atomic E-state index is 12.3. The topological polar surface area (TPSA) is 38.3 Å². The fourth-order valence-electron chi connectivity index (χ4n) is 1.81. The Morgan fingerprint density at radius 1 is 1.25 bits per heavy atom. The van der Waals surface area contributed by atoms with Crippen LogP contribution in [-0.4, -0.2) is 13.0 Å². The molecule has 1 unspecified atom stereocenters. The molecule has 0 radical (unpaired) electrons. The van der Waals surface area contributed by atoms with E-state index in [9.17, 15) is 4.79 Å². The van der Waals surface area contributed by atoms with E-state index >= 15 is 0 Å². The standard InChI is InChI=1S/C15H13BrClNO2/c1-20-14(10-5-3-2-4-6-10)15(19)18-13-8-7-11(17)9-12(13)16/h2-9,14H,1H3,(H,18,19). The first kappa shape index (κ1) is 15.0. The molecular formula is C15H13BrClNO2. The summed E-state index contributed by atoms with van der Waals surface area (Å²) in [5.41, 5.74) is 1.45. The van der Waals surface area contributed by atoms with E-state index in [2.05, 4.69) is 21.2 Å². The predicted octanol–water partition coefficient (Wildman–Crippen LogP) is 4.43. The van der Waals surface area contributed by atoms with E-state index < -0.39 is 6.10 Å². The first-order chi connectivity index (χ1) is 9.61. The van der Waals surface area contributed by atoms with Gasteiger partial charge in [0.25, 0.3) is 5.91 Å². The molecule has 20 heavy (non-hydrogen) atoms. The van der Waals surface area contributed by atoms with E-state index in [1.807, 2.05) is 30.3 Å². The lowest BCUT2D eigenvalue weighted by Crippen LogP contribution is -2.22. The van der Waals surface area contributed by atoms with Crippen molar-refractivity contribution in [2.75, 3.05) is 12.4 Å². The molecule has 0 aliphatic rings. The average Bonchev–Trinajstić information content (AvgIpc) is 2.44. The number of halogens is 2. The summed E-state index contributed by atoms with van der Waals surface area (Å²) in [6, 6.07) is 14.5. The third kappa shape index (κ3) is 3.60. The number of carbonyl (C=O) groups is 1. The van der Waals surface area contributed by atoms with Crippen LogP contribution >= 0.6 is 27.5 Å². The van der Waals surface area contributed by atoms with Crippen molar-refractivity contribution < 1.29 is 9.53 Å². The lowest BCUT2D eigenvalue weighted by atomic mass is 10.1. The van der Waals surface area contributed by atoms with Gasteiger partial charge in [0.05, 0.1) is 5.69 Å². The van der Waals surface area contributed by atoms with Crippen LogP contribution in [0.1, 0.15) is 11.7 Å². The molecule has 0 aliphatic heterocycles. The van der Waals surface area contributed by atoms with Crippen LogP contribution in [0.5, 0.6) is 0 Å². The summed E-state index contributed by atoms with van der Waals surface area (Å²) in [4.78, 5) is 12.3. The highest BCUT2D eigenvalue weighted by Crippen LogP contribution is 2.27. The van der Waals surface area contributed by atoms with Crippen molar-refractivity contribution in [1.82, 2.24) is 0 Å². The Labute approximate surface area is 131 Å². The van der Waals surface area contributed by atoms with Crippen molar-refractivity contribution in [3.05, 3.63) is 63.6 Å². The summed E-state index contributed by atoms with van der Waals surface area (Å²) in [7, 11) is 1.51. The number of ether oxygens (including phenoxy) is 1. The number of rotatable bonds is 4. The van der Waals surface area contributed by atoms with E-state index in [0.29, 0.717) is 10.7 Å². The maximum absolute atomic E-state index is 12.3. The van der Waals surface area contributed by atoms with Gasteiger partial charge in [0, 0.05) is 16.6 Å². The molecule has 1 amide bonds. The van der Waals surface area contributed by atoms with Gasteiger partial charge in [-0.15, -0.1) is 0 Å². The number of hydrogen-bond donors (Lipinski definition) is 1. The number of carbonyl (C=O) groups excluding carboxylic acids is 1. The van der Waals surface area contributed by atoms with Crippen molar-refractivity contribution in [2.45, 2.75) is 6.10 Å². The van der Waals surface area contributed by atoms with Crippen LogP contribution in [0.25, 0.3) is 0 Å². The number of anilines is 1. The molecule has 1 N–H and O–H groups in total. The third-order valence-corrected chi connectivity index (χ3v) is 3.66. The highest BCUT2D eigenvalue weighted by Gasteiger charge is 2.20. The van der Waals surface area contributed by atoms with Gasteiger partial charge < -0.3 is 10.1 Å². The molecule has 104 valence electrons. The highest BCUT2D eigenvalue weighted by atomic mass is 79.9. The van der Waals surface area contributed by atoms with Gasteiger partial charge in [0.2, 0.25) is 0 Å². The minimum Gasteiger partial charge on any atom is -0.367 e. The van der Waals surface area contributed by atoms with Gasteiger partial charge in [-0.3, -0.25) is 4.79 Å². The molecule has 0 bridgehead atoms. The highest BCUT2D eigenvalue weighted by molar-refractivity contribution is 9.10. The minimum absolute atomic E-state index is 0.235. The van der Waals surface area contributed by atoms with Crippen LogP contribution in [0.4, 0.5) is 5.69 Å². The van der Waals surface area contributed by atoms with E-state index in [-0.39, 0.29) is 5.91 Å². The van der Waals surface area contributed by atoms with Crippen LogP contribution in [-0.2, 0) is 9.53 Å². The number of nitrogens with one attached hydrogen (secondary N) is 1. The van der Waals surface area contributed by atoms with Gasteiger partial charge in [-0.1, -0.05) is 41.9 Å². The lowest BCUT2D eigenvalue weighted by Gasteiger charge is -2.16. The third-order valence-electron chi connectivity index (χ3n) is 2.77. The Bertz CT molecular complexity index is 604. The van der Waals surface area contributed by atoms with Gasteiger partial charge >= 0.3 is 0 Å². The summed E-state index contributed by atoms with van der Waals surface area (Å²) in [6.45, 7) is 0. The molecule has 0 saturated carbocycles. The molecule has 5 heteroatoms. The molecule has 0 spiro atoms. The van der Waals surface area contributed by atoms with Crippen molar-refractivity contribution >= 4 is 39.1 Å². The number of hydrogen-bond acceptors (Lipinski definition) is 2. The molecule has 2 rings (SSSR count). The van der Waals surface area contributed by atoms with E-state index in [0.717, 1.165) is 10.0 Å². The smallest absolute Gasteiger partial charge is 0.258 e. The first-order valence-corrected chi connectivity index (χ1v) is 7.12. The molecule has 2 aromatic rings. The predicted molar refractivity (Wildman–Crippen MR) is 84.0 cm³/mol. The molecule has 2 aromatic carbocycles. The molecule has 0 heterocycles. The number of amides is 1. The fraction of sp³-hybridized carbons (Fsp3) is 0.133. The fourth-order valence-corrected chi connectivity index (χ4v) is 2.59. The zero-order valence-corrected chi connectivity index (χ0v) is 13.1.